The van der Waals surface area contributed by atoms with E-state index in [1.807, 2.05) is 36.7 Å². The molecule has 3 heterocycles. The van der Waals surface area contributed by atoms with E-state index in [0.29, 0.717) is 0 Å². The largest absolute Gasteiger partial charge is 0.300 e. The molecule has 2 fully saturated rings. The van der Waals surface area contributed by atoms with Gasteiger partial charge in [-0.15, -0.1) is 0 Å². The summed E-state index contributed by atoms with van der Waals surface area (Å²) >= 11 is 6.15. The van der Waals surface area contributed by atoms with E-state index in [2.05, 4.69) is 33.0 Å². The first-order valence-electron chi connectivity index (χ1n) is 12.1. The van der Waals surface area contributed by atoms with Gasteiger partial charge in [-0.2, -0.15) is 0 Å². The lowest BCUT2D eigenvalue weighted by Gasteiger charge is -2.37. The molecule has 0 N–H and O–H groups in total. The quantitative estimate of drug-likeness (QED) is 0.447. The predicted octanol–water partition coefficient (Wildman–Crippen LogP) is 5.94. The molecule has 2 aromatic heterocycles. The first-order chi connectivity index (χ1) is 15.7. The second-order valence-corrected chi connectivity index (χ2v) is 10.0. The molecule has 3 aromatic rings. The van der Waals surface area contributed by atoms with Crippen molar-refractivity contribution in [3.05, 3.63) is 71.1 Å². The van der Waals surface area contributed by atoms with Gasteiger partial charge in [0.2, 0.25) is 0 Å². The van der Waals surface area contributed by atoms with Crippen LogP contribution < -0.4 is 0 Å². The lowest BCUT2D eigenvalue weighted by Crippen LogP contribution is -2.42. The maximum atomic E-state index is 6.15. The molecule has 32 heavy (non-hydrogen) atoms. The third-order valence-corrected chi connectivity index (χ3v) is 7.47. The lowest BCUT2D eigenvalue weighted by molar-refractivity contribution is 0.106. The fraction of sp³-hybridized carbons (Fsp3) is 0.481. The number of nitrogens with zero attached hydrogens (tertiary/aromatic N) is 4. The van der Waals surface area contributed by atoms with E-state index < -0.39 is 0 Å². The van der Waals surface area contributed by atoms with E-state index in [1.54, 1.807) is 0 Å². The topological polar surface area (TPSA) is 32.3 Å². The number of pyridine rings is 2. The van der Waals surface area contributed by atoms with Crippen LogP contribution in [-0.2, 0) is 13.1 Å². The van der Waals surface area contributed by atoms with Crippen molar-refractivity contribution in [2.75, 3.05) is 19.6 Å². The Kier molecular flexibility index (Phi) is 7.01. The summed E-state index contributed by atoms with van der Waals surface area (Å²) in [5, 5.41) is 1.86. The van der Waals surface area contributed by atoms with Crippen LogP contribution in [0.2, 0.25) is 5.02 Å². The van der Waals surface area contributed by atoms with Gasteiger partial charge in [-0.05, 0) is 80.6 Å². The minimum atomic E-state index is 0.753. The maximum Gasteiger partial charge on any atom is 0.0706 e. The number of hydrogen-bond acceptors (Lipinski definition) is 4. The van der Waals surface area contributed by atoms with E-state index in [1.165, 1.54) is 57.2 Å². The molecule has 2 aliphatic rings. The van der Waals surface area contributed by atoms with Gasteiger partial charge in [0.25, 0.3) is 0 Å². The van der Waals surface area contributed by atoms with Crippen molar-refractivity contribution in [2.24, 2.45) is 5.92 Å². The lowest BCUT2D eigenvalue weighted by atomic mass is 9.94. The van der Waals surface area contributed by atoms with Gasteiger partial charge < -0.3 is 4.90 Å². The second-order valence-electron chi connectivity index (χ2n) is 9.59. The fourth-order valence-electron chi connectivity index (χ4n) is 5.53. The van der Waals surface area contributed by atoms with Crippen LogP contribution in [0.3, 0.4) is 0 Å². The number of fused-ring (bicyclic) bond motifs is 1. The highest BCUT2D eigenvalue weighted by atomic mass is 35.5. The summed E-state index contributed by atoms with van der Waals surface area (Å²) in [6.07, 6.45) is 12.1. The average molecular weight is 449 g/mol. The van der Waals surface area contributed by atoms with Crippen LogP contribution in [0.25, 0.3) is 10.9 Å². The Balaban J connectivity index is 1.27. The zero-order valence-corrected chi connectivity index (χ0v) is 19.6. The maximum absolute atomic E-state index is 6.15. The first-order valence-corrected chi connectivity index (χ1v) is 12.5. The number of hydrogen-bond donors (Lipinski definition) is 0. The zero-order valence-electron chi connectivity index (χ0n) is 18.8. The Morgan fingerprint density at radius 3 is 2.59 bits per heavy atom. The predicted molar refractivity (Wildman–Crippen MR) is 132 cm³/mol. The van der Waals surface area contributed by atoms with Gasteiger partial charge in [-0.3, -0.25) is 14.9 Å². The number of likely N-dealkylation sites (tertiary alicyclic amines) is 1. The average Bonchev–Trinajstić information content (AvgIpc) is 3.35. The van der Waals surface area contributed by atoms with Gasteiger partial charge in [0, 0.05) is 48.5 Å². The summed E-state index contributed by atoms with van der Waals surface area (Å²) in [4.78, 5) is 14.6. The van der Waals surface area contributed by atoms with Crippen molar-refractivity contribution >= 4 is 22.5 Å². The Labute approximate surface area is 196 Å². The van der Waals surface area contributed by atoms with Crippen molar-refractivity contribution in [1.29, 1.82) is 0 Å². The molecule has 1 aliphatic carbocycles. The molecule has 5 rings (SSSR count). The Hall–Kier alpha value is -2.01. The van der Waals surface area contributed by atoms with Gasteiger partial charge in [-0.1, -0.05) is 36.6 Å². The Morgan fingerprint density at radius 2 is 1.81 bits per heavy atom. The monoisotopic (exact) mass is 448 g/mol. The Bertz CT molecular complexity index is 1010. The third-order valence-electron chi connectivity index (χ3n) is 7.23. The zero-order chi connectivity index (χ0) is 21.8. The third kappa shape index (κ3) is 5.48. The van der Waals surface area contributed by atoms with E-state index in [4.69, 9.17) is 16.6 Å². The summed E-state index contributed by atoms with van der Waals surface area (Å²) in [7, 11) is 0. The number of rotatable bonds is 7. The van der Waals surface area contributed by atoms with Gasteiger partial charge >= 0.3 is 0 Å². The van der Waals surface area contributed by atoms with Crippen molar-refractivity contribution in [3.63, 3.8) is 0 Å². The molecule has 0 unspecified atom stereocenters. The summed E-state index contributed by atoms with van der Waals surface area (Å²) in [5.41, 5.74) is 3.40. The fourth-order valence-corrected chi connectivity index (χ4v) is 5.71. The smallest absolute Gasteiger partial charge is 0.0706 e. The summed E-state index contributed by atoms with van der Waals surface area (Å²) in [5.74, 6) is 0.753. The van der Waals surface area contributed by atoms with Gasteiger partial charge in [0.15, 0.2) is 0 Å². The van der Waals surface area contributed by atoms with E-state index in [-0.39, 0.29) is 0 Å². The molecular weight excluding hydrogens is 416 g/mol. The van der Waals surface area contributed by atoms with E-state index >= 15 is 0 Å². The molecule has 1 saturated heterocycles. The van der Waals surface area contributed by atoms with Gasteiger partial charge in [0.1, 0.15) is 0 Å². The molecule has 1 aromatic carbocycles. The van der Waals surface area contributed by atoms with Crippen molar-refractivity contribution in [1.82, 2.24) is 19.8 Å². The molecule has 0 amide bonds. The number of halogens is 1. The highest BCUT2D eigenvalue weighted by Crippen LogP contribution is 2.29. The highest BCUT2D eigenvalue weighted by molar-refractivity contribution is 6.31. The molecule has 5 heteroatoms. The molecule has 1 aliphatic heterocycles. The van der Waals surface area contributed by atoms with Gasteiger partial charge in [-0.25, -0.2) is 0 Å². The minimum absolute atomic E-state index is 0.753. The van der Waals surface area contributed by atoms with Crippen LogP contribution in [0.15, 0.2) is 54.9 Å². The number of aromatic nitrogens is 2. The van der Waals surface area contributed by atoms with Crippen molar-refractivity contribution < 1.29 is 0 Å². The summed E-state index contributed by atoms with van der Waals surface area (Å²) < 4.78 is 0. The molecule has 0 atom stereocenters. The molecular formula is C27H33ClN4. The molecule has 168 valence electrons. The Morgan fingerprint density at radius 1 is 0.969 bits per heavy atom. The van der Waals surface area contributed by atoms with Crippen LogP contribution in [0, 0.1) is 5.92 Å². The number of benzene rings is 1. The second kappa shape index (κ2) is 10.3. The normalized spacial score (nSPS) is 18.7. The summed E-state index contributed by atoms with van der Waals surface area (Å²) in [6.45, 7) is 5.43. The van der Waals surface area contributed by atoms with E-state index in [0.717, 1.165) is 53.2 Å². The number of piperidine rings is 1. The molecule has 0 bridgehead atoms. The van der Waals surface area contributed by atoms with Crippen LogP contribution in [0.5, 0.6) is 0 Å². The van der Waals surface area contributed by atoms with Gasteiger partial charge in [0.05, 0.1) is 11.2 Å². The summed E-state index contributed by atoms with van der Waals surface area (Å²) in [6, 6.07) is 15.3. The van der Waals surface area contributed by atoms with Crippen molar-refractivity contribution in [2.45, 2.75) is 57.7 Å². The standard InChI is InChI=1S/C27H33ClN4/c28-24-8-10-27-23(16-24)7-9-25(30-27)20-31(19-22-4-3-13-29-17-22)18-21-11-14-32(15-12-21)26-5-1-2-6-26/h3-4,7-10,13,16-17,21,26H,1-2,5-6,11-12,14-15,18-20H2. The SMILES string of the molecule is Clc1ccc2nc(CN(Cc3cccnc3)CC3CCN(C4CCCC4)CC3)ccc2c1. The first kappa shape index (κ1) is 21.8. The van der Waals surface area contributed by atoms with Crippen LogP contribution in [0.1, 0.15) is 49.8 Å². The highest BCUT2D eigenvalue weighted by Gasteiger charge is 2.28. The van der Waals surface area contributed by atoms with Crippen LogP contribution in [0.4, 0.5) is 0 Å². The van der Waals surface area contributed by atoms with Crippen LogP contribution in [-0.4, -0.2) is 45.4 Å². The van der Waals surface area contributed by atoms with Crippen LogP contribution >= 0.6 is 11.6 Å². The molecule has 1 saturated carbocycles. The molecule has 0 radical (unpaired) electrons. The van der Waals surface area contributed by atoms with E-state index in [9.17, 15) is 0 Å². The minimum Gasteiger partial charge on any atom is -0.300 e. The van der Waals surface area contributed by atoms with Crippen molar-refractivity contribution in [3.8, 4) is 0 Å². The molecule has 0 spiro atoms. The molecule has 4 nitrogen and oxygen atoms in total.